The van der Waals surface area contributed by atoms with Crippen LogP contribution in [0.5, 0.6) is 0 Å². The number of carbonyl (C=O) groups excluding carboxylic acids is 2. The Morgan fingerprint density at radius 2 is 1.70 bits per heavy atom. The number of aromatic amines is 1. The van der Waals surface area contributed by atoms with Crippen LogP contribution in [0.4, 0.5) is 5.69 Å². The second-order valence-electron chi connectivity index (χ2n) is 7.86. The predicted molar refractivity (Wildman–Crippen MR) is 117 cm³/mol. The lowest BCUT2D eigenvalue weighted by atomic mass is 9.95. The summed E-state index contributed by atoms with van der Waals surface area (Å²) in [5, 5.41) is 0.793. The van der Waals surface area contributed by atoms with Crippen molar-refractivity contribution >= 4 is 51.7 Å². The van der Waals surface area contributed by atoms with Crippen LogP contribution < -0.4 is 4.90 Å². The van der Waals surface area contributed by atoms with Crippen LogP contribution in [0, 0.1) is 0 Å². The Bertz CT molecular complexity index is 1080. The van der Waals surface area contributed by atoms with Gasteiger partial charge in [0.25, 0.3) is 5.91 Å². The Morgan fingerprint density at radius 3 is 2.40 bits per heavy atom. The Hall–Kier alpha value is -2.41. The molecule has 2 aromatic carbocycles. The van der Waals surface area contributed by atoms with Gasteiger partial charge in [0.15, 0.2) is 0 Å². The van der Waals surface area contributed by atoms with Crippen LogP contribution in [-0.2, 0) is 9.59 Å². The van der Waals surface area contributed by atoms with Crippen molar-refractivity contribution in [3.8, 4) is 0 Å². The summed E-state index contributed by atoms with van der Waals surface area (Å²) in [5.74, 6) is 0.895. The number of imide groups is 1. The number of piperidine rings is 1. The summed E-state index contributed by atoms with van der Waals surface area (Å²) in [4.78, 5) is 37.2. The molecule has 5 rings (SSSR count). The molecule has 0 radical (unpaired) electrons. The van der Waals surface area contributed by atoms with Crippen LogP contribution in [0.2, 0.25) is 10.0 Å². The van der Waals surface area contributed by atoms with Gasteiger partial charge in [0.2, 0.25) is 5.91 Å². The van der Waals surface area contributed by atoms with E-state index >= 15 is 0 Å². The first-order valence-electron chi connectivity index (χ1n) is 10.0. The topological polar surface area (TPSA) is 69.3 Å². The molecule has 30 heavy (non-hydrogen) atoms. The van der Waals surface area contributed by atoms with Crippen LogP contribution in [0.15, 0.2) is 42.5 Å². The monoisotopic (exact) mass is 442 g/mol. The lowest BCUT2D eigenvalue weighted by Gasteiger charge is -2.34. The molecule has 0 bridgehead atoms. The lowest BCUT2D eigenvalue weighted by molar-refractivity contribution is -0.123. The van der Waals surface area contributed by atoms with E-state index in [2.05, 4.69) is 9.88 Å². The summed E-state index contributed by atoms with van der Waals surface area (Å²) in [5.41, 5.74) is 2.45. The van der Waals surface area contributed by atoms with Crippen LogP contribution in [0.1, 0.15) is 31.0 Å². The van der Waals surface area contributed by atoms with Gasteiger partial charge in [0, 0.05) is 16.0 Å². The molecule has 0 unspecified atom stereocenters. The van der Waals surface area contributed by atoms with Crippen molar-refractivity contribution in [2.45, 2.75) is 31.2 Å². The van der Waals surface area contributed by atoms with Crippen molar-refractivity contribution in [2.24, 2.45) is 0 Å². The van der Waals surface area contributed by atoms with E-state index in [9.17, 15) is 9.59 Å². The number of likely N-dealkylation sites (tertiary alicyclic amines) is 1. The third-order valence-corrected chi connectivity index (χ3v) is 6.43. The average molecular weight is 443 g/mol. The Kier molecular flexibility index (Phi) is 5.01. The summed E-state index contributed by atoms with van der Waals surface area (Å²) in [6, 6.07) is 12.3. The summed E-state index contributed by atoms with van der Waals surface area (Å²) in [7, 11) is 0. The smallest absolute Gasteiger partial charge is 0.251 e. The molecule has 1 N–H and O–H groups in total. The minimum Gasteiger partial charge on any atom is -0.342 e. The maximum Gasteiger partial charge on any atom is 0.251 e. The summed E-state index contributed by atoms with van der Waals surface area (Å²) < 4.78 is 0. The number of hydrogen-bond acceptors (Lipinski definition) is 4. The fraction of sp³-hybridized carbons (Fsp3) is 0.318. The number of imidazole rings is 1. The largest absolute Gasteiger partial charge is 0.342 e. The highest BCUT2D eigenvalue weighted by atomic mass is 35.5. The van der Waals surface area contributed by atoms with Gasteiger partial charge in [-0.15, -0.1) is 0 Å². The quantitative estimate of drug-likeness (QED) is 0.610. The van der Waals surface area contributed by atoms with Gasteiger partial charge in [-0.1, -0.05) is 35.3 Å². The van der Waals surface area contributed by atoms with Crippen LogP contribution in [-0.4, -0.2) is 45.8 Å². The number of H-pyrrole nitrogens is 1. The summed E-state index contributed by atoms with van der Waals surface area (Å²) >= 11 is 12.1. The number of benzene rings is 2. The average Bonchev–Trinajstić information content (AvgIpc) is 3.28. The Morgan fingerprint density at radius 1 is 1.00 bits per heavy atom. The minimum atomic E-state index is -0.438. The van der Waals surface area contributed by atoms with Crippen molar-refractivity contribution in [1.82, 2.24) is 14.9 Å². The normalized spacial score (nSPS) is 21.1. The number of anilines is 1. The standard InChI is InChI=1S/C22H20Cl2N4O2/c23-14-9-15(24)11-16(10-14)28-20(29)12-19(22(28)30)27-7-5-13(6-8-27)21-25-17-3-1-2-4-18(17)26-21/h1-4,9-11,13,19H,5-8,12H2,(H,25,26)/t19-/m1/s1. The van der Waals surface area contributed by atoms with E-state index in [1.165, 1.54) is 4.90 Å². The molecule has 0 aliphatic carbocycles. The minimum absolute atomic E-state index is 0.179. The number of carbonyl (C=O) groups is 2. The number of halogens is 2. The van der Waals surface area contributed by atoms with Crippen LogP contribution >= 0.6 is 23.2 Å². The number of hydrogen-bond donors (Lipinski definition) is 1. The first kappa shape index (κ1) is 19.5. The highest BCUT2D eigenvalue weighted by Gasteiger charge is 2.43. The van der Waals surface area contributed by atoms with Gasteiger partial charge in [-0.05, 0) is 56.3 Å². The van der Waals surface area contributed by atoms with E-state index < -0.39 is 6.04 Å². The molecule has 0 spiro atoms. The van der Waals surface area contributed by atoms with Gasteiger partial charge in [-0.25, -0.2) is 9.88 Å². The molecule has 154 valence electrons. The van der Waals surface area contributed by atoms with Gasteiger partial charge < -0.3 is 4.98 Å². The molecule has 1 atom stereocenters. The molecular formula is C22H20Cl2N4O2. The zero-order valence-corrected chi connectivity index (χ0v) is 17.7. The fourth-order valence-corrected chi connectivity index (χ4v) is 5.01. The first-order chi connectivity index (χ1) is 14.5. The van der Waals surface area contributed by atoms with E-state index in [0.29, 0.717) is 21.7 Å². The van der Waals surface area contributed by atoms with Crippen molar-refractivity contribution in [2.75, 3.05) is 18.0 Å². The number of nitrogens with one attached hydrogen (secondary N) is 1. The molecule has 3 aromatic rings. The number of para-hydroxylation sites is 2. The molecule has 2 aliphatic heterocycles. The number of fused-ring (bicyclic) bond motifs is 1. The predicted octanol–water partition coefficient (Wildman–Crippen LogP) is 4.38. The van der Waals surface area contributed by atoms with Crippen LogP contribution in [0.3, 0.4) is 0 Å². The summed E-state index contributed by atoms with van der Waals surface area (Å²) in [6.45, 7) is 1.49. The second kappa shape index (κ2) is 7.69. The van der Waals surface area contributed by atoms with Gasteiger partial charge in [0.05, 0.1) is 29.2 Å². The molecule has 1 aromatic heterocycles. The zero-order chi connectivity index (χ0) is 20.8. The fourth-order valence-electron chi connectivity index (χ4n) is 4.49. The maximum atomic E-state index is 13.1. The molecule has 2 aliphatic rings. The summed E-state index contributed by atoms with van der Waals surface area (Å²) in [6.07, 6.45) is 1.96. The van der Waals surface area contributed by atoms with E-state index in [-0.39, 0.29) is 18.2 Å². The molecule has 8 heteroatoms. The highest BCUT2D eigenvalue weighted by Crippen LogP contribution is 2.34. The molecule has 0 saturated carbocycles. The van der Waals surface area contributed by atoms with Gasteiger partial charge in [-0.3, -0.25) is 14.5 Å². The van der Waals surface area contributed by atoms with Crippen molar-refractivity contribution in [1.29, 1.82) is 0 Å². The van der Waals surface area contributed by atoms with Crippen molar-refractivity contribution in [3.63, 3.8) is 0 Å². The van der Waals surface area contributed by atoms with Crippen molar-refractivity contribution in [3.05, 3.63) is 58.3 Å². The molecule has 2 saturated heterocycles. The Balaban J connectivity index is 1.29. The van der Waals surface area contributed by atoms with Gasteiger partial charge >= 0.3 is 0 Å². The number of rotatable bonds is 3. The molecule has 2 amide bonds. The van der Waals surface area contributed by atoms with E-state index in [1.807, 2.05) is 24.3 Å². The Labute approximate surface area is 183 Å². The third kappa shape index (κ3) is 3.49. The van der Waals surface area contributed by atoms with Gasteiger partial charge in [-0.2, -0.15) is 0 Å². The second-order valence-corrected chi connectivity index (χ2v) is 8.74. The highest BCUT2D eigenvalue weighted by molar-refractivity contribution is 6.35. The van der Waals surface area contributed by atoms with Gasteiger partial charge in [0.1, 0.15) is 5.82 Å². The molecular weight excluding hydrogens is 423 g/mol. The maximum absolute atomic E-state index is 13.1. The van der Waals surface area contributed by atoms with Crippen LogP contribution in [0.25, 0.3) is 11.0 Å². The van der Waals surface area contributed by atoms with E-state index in [0.717, 1.165) is 42.8 Å². The number of amides is 2. The molecule has 2 fully saturated rings. The van der Waals surface area contributed by atoms with Crippen molar-refractivity contribution < 1.29 is 9.59 Å². The number of nitrogens with zero attached hydrogens (tertiary/aromatic N) is 3. The zero-order valence-electron chi connectivity index (χ0n) is 16.1. The van der Waals surface area contributed by atoms with E-state index in [1.54, 1.807) is 18.2 Å². The third-order valence-electron chi connectivity index (χ3n) is 5.99. The molecule has 3 heterocycles. The lowest BCUT2D eigenvalue weighted by Crippen LogP contribution is -2.45. The van der Waals surface area contributed by atoms with E-state index in [4.69, 9.17) is 28.2 Å². The number of aromatic nitrogens is 2. The SMILES string of the molecule is O=C1C[C@@H](N2CCC(c3nc4ccccc4[nH]3)CC2)C(=O)N1c1cc(Cl)cc(Cl)c1. The molecule has 6 nitrogen and oxygen atoms in total. The first-order valence-corrected chi connectivity index (χ1v) is 10.8.